The number of hydrogen-bond donors (Lipinski definition) is 1. The number of rotatable bonds is 4. The summed E-state index contributed by atoms with van der Waals surface area (Å²) >= 11 is 0. The van der Waals surface area contributed by atoms with Crippen molar-refractivity contribution in [3.05, 3.63) is 0 Å². The fourth-order valence-corrected chi connectivity index (χ4v) is 1.99. The van der Waals surface area contributed by atoms with Crippen molar-refractivity contribution in [2.75, 3.05) is 6.61 Å². The molecule has 0 radical (unpaired) electrons. The van der Waals surface area contributed by atoms with Gasteiger partial charge >= 0.3 is 0 Å². The summed E-state index contributed by atoms with van der Waals surface area (Å²) in [6.07, 6.45) is 3.26. The Kier molecular flexibility index (Phi) is 4.75. The van der Waals surface area contributed by atoms with Crippen LogP contribution in [0.15, 0.2) is 0 Å². The van der Waals surface area contributed by atoms with Crippen LogP contribution in [0.25, 0.3) is 0 Å². The van der Waals surface area contributed by atoms with Crippen LogP contribution in [-0.2, 0) is 14.4 Å². The van der Waals surface area contributed by atoms with E-state index in [4.69, 9.17) is 4.84 Å². The first-order valence-corrected chi connectivity index (χ1v) is 5.57. The summed E-state index contributed by atoms with van der Waals surface area (Å²) in [5.74, 6) is 0.394. The predicted octanol–water partition coefficient (Wildman–Crippen LogP) is 1.45. The van der Waals surface area contributed by atoms with Crippen LogP contribution in [0.2, 0.25) is 0 Å². The summed E-state index contributed by atoms with van der Waals surface area (Å²) in [6, 6.07) is 0. The number of Topliss-reactive ketones (excluding diaryl/α,β-unsaturated/α-hetero) is 1. The molecule has 0 spiro atoms. The maximum atomic E-state index is 11.5. The molecule has 0 atom stereocenters. The van der Waals surface area contributed by atoms with Gasteiger partial charge in [0, 0.05) is 11.8 Å². The molecule has 1 aliphatic carbocycles. The summed E-state index contributed by atoms with van der Waals surface area (Å²) in [5.41, 5.74) is 2.42. The lowest BCUT2D eigenvalue weighted by Gasteiger charge is -2.25. The van der Waals surface area contributed by atoms with Crippen molar-refractivity contribution in [2.24, 2.45) is 11.8 Å². The number of carbonyl (C=O) groups excluding carboxylic acids is 2. The fourth-order valence-electron chi connectivity index (χ4n) is 1.99. The number of amides is 1. The van der Waals surface area contributed by atoms with E-state index >= 15 is 0 Å². The van der Waals surface area contributed by atoms with E-state index in [1.54, 1.807) is 6.92 Å². The number of hydrogen-bond acceptors (Lipinski definition) is 3. The number of nitrogens with one attached hydrogen (secondary N) is 1. The summed E-state index contributed by atoms with van der Waals surface area (Å²) in [7, 11) is 0. The molecule has 0 bridgehead atoms. The van der Waals surface area contributed by atoms with Gasteiger partial charge in [-0.25, -0.2) is 5.48 Å². The SMILES string of the molecule is CCONC(=O)C1CCC(C(C)=O)CC1. The van der Waals surface area contributed by atoms with E-state index in [2.05, 4.69) is 5.48 Å². The van der Waals surface area contributed by atoms with Gasteiger partial charge in [0.25, 0.3) is 0 Å². The average molecular weight is 213 g/mol. The lowest BCUT2D eigenvalue weighted by Crippen LogP contribution is -2.34. The molecule has 0 aromatic carbocycles. The Labute approximate surface area is 90.3 Å². The Hall–Kier alpha value is -0.900. The summed E-state index contributed by atoms with van der Waals surface area (Å²) in [4.78, 5) is 27.5. The first kappa shape index (κ1) is 12.2. The molecule has 1 N–H and O–H groups in total. The third-order valence-corrected chi connectivity index (χ3v) is 2.99. The topological polar surface area (TPSA) is 55.4 Å². The highest BCUT2D eigenvalue weighted by atomic mass is 16.6. The molecule has 1 amide bonds. The van der Waals surface area contributed by atoms with E-state index in [0.29, 0.717) is 6.61 Å². The van der Waals surface area contributed by atoms with E-state index in [0.717, 1.165) is 25.7 Å². The van der Waals surface area contributed by atoms with Gasteiger partial charge in [-0.3, -0.25) is 14.4 Å². The highest BCUT2D eigenvalue weighted by Crippen LogP contribution is 2.29. The summed E-state index contributed by atoms with van der Waals surface area (Å²) < 4.78 is 0. The average Bonchev–Trinajstić information content (AvgIpc) is 2.26. The second-order valence-electron chi connectivity index (χ2n) is 4.06. The van der Waals surface area contributed by atoms with Gasteiger partial charge in [0.1, 0.15) is 5.78 Å². The van der Waals surface area contributed by atoms with Crippen LogP contribution in [0.5, 0.6) is 0 Å². The van der Waals surface area contributed by atoms with Gasteiger partial charge in [-0.2, -0.15) is 0 Å². The van der Waals surface area contributed by atoms with Crippen LogP contribution < -0.4 is 5.48 Å². The van der Waals surface area contributed by atoms with Crippen LogP contribution in [0.3, 0.4) is 0 Å². The minimum Gasteiger partial charge on any atom is -0.300 e. The standard InChI is InChI=1S/C11H19NO3/c1-3-15-12-11(14)10-6-4-9(5-7-10)8(2)13/h9-10H,3-7H2,1-2H3,(H,12,14). The molecule has 0 aliphatic heterocycles. The molecular formula is C11H19NO3. The third-order valence-electron chi connectivity index (χ3n) is 2.99. The van der Waals surface area contributed by atoms with Crippen LogP contribution in [0, 0.1) is 11.8 Å². The maximum absolute atomic E-state index is 11.5. The Morgan fingerprint density at radius 2 is 1.73 bits per heavy atom. The highest BCUT2D eigenvalue weighted by molar-refractivity contribution is 5.80. The predicted molar refractivity (Wildman–Crippen MR) is 55.9 cm³/mol. The fraction of sp³-hybridized carbons (Fsp3) is 0.818. The van der Waals surface area contributed by atoms with Gasteiger partial charge in [-0.1, -0.05) is 0 Å². The smallest absolute Gasteiger partial charge is 0.246 e. The molecule has 1 rings (SSSR count). The molecule has 1 fully saturated rings. The first-order chi connectivity index (χ1) is 7.15. The van der Waals surface area contributed by atoms with Crippen molar-refractivity contribution in [1.29, 1.82) is 0 Å². The third kappa shape index (κ3) is 3.63. The zero-order valence-electron chi connectivity index (χ0n) is 9.41. The van der Waals surface area contributed by atoms with Gasteiger partial charge in [0.2, 0.25) is 5.91 Å². The van der Waals surface area contributed by atoms with Gasteiger partial charge < -0.3 is 0 Å². The van der Waals surface area contributed by atoms with Gasteiger partial charge in [-0.05, 0) is 39.5 Å². The Balaban J connectivity index is 2.30. The van der Waals surface area contributed by atoms with Crippen molar-refractivity contribution in [3.63, 3.8) is 0 Å². The monoisotopic (exact) mass is 213 g/mol. The minimum absolute atomic E-state index is 0.0205. The van der Waals surface area contributed by atoms with Crippen LogP contribution in [0.1, 0.15) is 39.5 Å². The van der Waals surface area contributed by atoms with Crippen molar-refractivity contribution in [3.8, 4) is 0 Å². The van der Waals surface area contributed by atoms with Crippen molar-refractivity contribution in [1.82, 2.24) is 5.48 Å². The Morgan fingerprint density at radius 1 is 1.20 bits per heavy atom. The number of hydroxylamine groups is 1. The largest absolute Gasteiger partial charge is 0.300 e. The van der Waals surface area contributed by atoms with Crippen LogP contribution >= 0.6 is 0 Å². The summed E-state index contributed by atoms with van der Waals surface area (Å²) in [6.45, 7) is 3.94. The quantitative estimate of drug-likeness (QED) is 0.719. The van der Waals surface area contributed by atoms with Crippen LogP contribution in [-0.4, -0.2) is 18.3 Å². The highest BCUT2D eigenvalue weighted by Gasteiger charge is 2.28. The van der Waals surface area contributed by atoms with Crippen LogP contribution in [0.4, 0.5) is 0 Å². The van der Waals surface area contributed by atoms with Gasteiger partial charge in [0.05, 0.1) is 6.61 Å². The molecule has 4 heteroatoms. The Morgan fingerprint density at radius 3 is 2.20 bits per heavy atom. The van der Waals surface area contributed by atoms with Crippen molar-refractivity contribution < 1.29 is 14.4 Å². The zero-order valence-corrected chi connectivity index (χ0v) is 9.41. The molecule has 15 heavy (non-hydrogen) atoms. The zero-order chi connectivity index (χ0) is 11.3. The maximum Gasteiger partial charge on any atom is 0.246 e. The molecule has 0 aromatic rings. The van der Waals surface area contributed by atoms with E-state index in [1.165, 1.54) is 0 Å². The summed E-state index contributed by atoms with van der Waals surface area (Å²) in [5, 5.41) is 0. The molecule has 0 saturated heterocycles. The van der Waals surface area contributed by atoms with E-state index in [-0.39, 0.29) is 23.5 Å². The van der Waals surface area contributed by atoms with Gasteiger partial charge in [0.15, 0.2) is 0 Å². The minimum atomic E-state index is -0.0427. The first-order valence-electron chi connectivity index (χ1n) is 5.57. The molecule has 0 heterocycles. The molecule has 4 nitrogen and oxygen atoms in total. The van der Waals surface area contributed by atoms with Gasteiger partial charge in [-0.15, -0.1) is 0 Å². The van der Waals surface area contributed by atoms with E-state index in [1.807, 2.05) is 6.92 Å². The normalized spacial score (nSPS) is 26.0. The number of carbonyl (C=O) groups is 2. The molecule has 1 aliphatic rings. The molecule has 86 valence electrons. The molecule has 1 saturated carbocycles. The van der Waals surface area contributed by atoms with Crippen molar-refractivity contribution in [2.45, 2.75) is 39.5 Å². The van der Waals surface area contributed by atoms with Crippen molar-refractivity contribution >= 4 is 11.7 Å². The second-order valence-corrected chi connectivity index (χ2v) is 4.06. The molecule has 0 aromatic heterocycles. The number of ketones is 1. The Bertz CT molecular complexity index is 232. The lowest BCUT2D eigenvalue weighted by atomic mass is 9.80. The molecular weight excluding hydrogens is 194 g/mol. The molecule has 0 unspecified atom stereocenters. The second kappa shape index (κ2) is 5.85. The lowest BCUT2D eigenvalue weighted by molar-refractivity contribution is -0.139. The van der Waals surface area contributed by atoms with E-state index in [9.17, 15) is 9.59 Å². The van der Waals surface area contributed by atoms with E-state index < -0.39 is 0 Å².